The van der Waals surface area contributed by atoms with Gasteiger partial charge in [0.2, 0.25) is 0 Å². The molecule has 0 N–H and O–H groups in total. The fourth-order valence-electron chi connectivity index (χ4n) is 2.49. The van der Waals surface area contributed by atoms with E-state index in [1.807, 2.05) is 0 Å². The van der Waals surface area contributed by atoms with Gasteiger partial charge < -0.3 is 0 Å². The summed E-state index contributed by atoms with van der Waals surface area (Å²) in [5, 5.41) is 8.41. The fourth-order valence-corrected chi connectivity index (χ4v) is 2.49. The molecular weight excluding hydrogens is 124 g/mol. The maximum absolute atomic E-state index is 4.27. The Morgan fingerprint density at radius 1 is 1.30 bits per heavy atom. The molecule has 3 aliphatic carbocycles. The Kier molecular flexibility index (Phi) is 0.758. The maximum Gasteiger partial charge on any atom is 0.106 e. The summed E-state index contributed by atoms with van der Waals surface area (Å²) in [6.07, 6.45) is 7.77. The van der Waals surface area contributed by atoms with Gasteiger partial charge in [-0.15, -0.1) is 0 Å². The number of rotatable bonds is 0. The van der Waals surface area contributed by atoms with Crippen molar-refractivity contribution in [3.63, 3.8) is 0 Å². The van der Waals surface area contributed by atoms with Gasteiger partial charge in [0.25, 0.3) is 0 Å². The third-order valence-corrected chi connectivity index (χ3v) is 3.28. The number of hydrogen-bond acceptors (Lipinski definition) is 2. The predicted molar refractivity (Wildman–Crippen MR) is 37.6 cm³/mol. The van der Waals surface area contributed by atoms with Crippen molar-refractivity contribution in [2.75, 3.05) is 0 Å². The van der Waals surface area contributed by atoms with Crippen LogP contribution in [0.25, 0.3) is 0 Å². The highest BCUT2D eigenvalue weighted by Crippen LogP contribution is 2.51. The molecule has 10 heavy (non-hydrogen) atoms. The van der Waals surface area contributed by atoms with Crippen molar-refractivity contribution < 1.29 is 0 Å². The van der Waals surface area contributed by atoms with E-state index in [4.69, 9.17) is 0 Å². The van der Waals surface area contributed by atoms with E-state index in [9.17, 15) is 0 Å². The molecule has 1 unspecified atom stereocenters. The molecule has 1 spiro atoms. The Labute approximate surface area is 60.7 Å². The van der Waals surface area contributed by atoms with Crippen LogP contribution < -0.4 is 0 Å². The van der Waals surface area contributed by atoms with E-state index >= 15 is 0 Å². The van der Waals surface area contributed by atoms with Crippen molar-refractivity contribution in [2.45, 2.75) is 37.3 Å². The van der Waals surface area contributed by atoms with Crippen molar-refractivity contribution in [1.29, 1.82) is 0 Å². The zero-order valence-electron chi connectivity index (χ0n) is 5.95. The second-order valence-electron chi connectivity index (χ2n) is 3.79. The van der Waals surface area contributed by atoms with Crippen LogP contribution in [-0.2, 0) is 0 Å². The highest BCUT2D eigenvalue weighted by atomic mass is 15.3. The Hall–Kier alpha value is -0.400. The number of azo groups is 1. The molecule has 4 aliphatic rings. The third kappa shape index (κ3) is 0.435. The summed E-state index contributed by atoms with van der Waals surface area (Å²) in [4.78, 5) is 0. The lowest BCUT2D eigenvalue weighted by Gasteiger charge is -2.51. The zero-order chi connectivity index (χ0) is 6.60. The molecule has 2 heteroatoms. The molecule has 4 rings (SSSR count). The average molecular weight is 135 g/mol. The molecule has 0 saturated heterocycles. The van der Waals surface area contributed by atoms with E-state index in [2.05, 4.69) is 16.6 Å². The molecule has 3 saturated carbocycles. The minimum Gasteiger partial charge on any atom is -0.187 e. The highest BCUT2D eigenvalue weighted by Gasteiger charge is 2.53. The zero-order valence-corrected chi connectivity index (χ0v) is 5.95. The van der Waals surface area contributed by atoms with E-state index < -0.39 is 0 Å². The molecule has 2 bridgehead atoms. The minimum absolute atomic E-state index is 0.328. The quantitative estimate of drug-likeness (QED) is 0.485. The van der Waals surface area contributed by atoms with E-state index in [0.717, 1.165) is 5.92 Å². The number of fused-ring (bicyclic) bond motifs is 2. The summed E-state index contributed by atoms with van der Waals surface area (Å²) in [6.45, 7) is 0. The summed E-state index contributed by atoms with van der Waals surface area (Å²) in [5.41, 5.74) is 0.328. The summed E-state index contributed by atoms with van der Waals surface area (Å²) >= 11 is 0. The van der Waals surface area contributed by atoms with Crippen LogP contribution in [0.5, 0.6) is 0 Å². The van der Waals surface area contributed by atoms with Crippen LogP contribution in [0, 0.1) is 12.3 Å². The van der Waals surface area contributed by atoms with Crippen LogP contribution in [0.3, 0.4) is 0 Å². The monoisotopic (exact) mass is 135 g/mol. The normalized spacial score (nSPS) is 56.0. The van der Waals surface area contributed by atoms with E-state index in [0.29, 0.717) is 11.6 Å². The molecule has 1 aliphatic heterocycles. The minimum atomic E-state index is 0.328. The van der Waals surface area contributed by atoms with Crippen LogP contribution in [0.4, 0.5) is 0 Å². The van der Waals surface area contributed by atoms with Crippen LogP contribution in [0.1, 0.15) is 25.7 Å². The van der Waals surface area contributed by atoms with Crippen LogP contribution in [-0.4, -0.2) is 11.6 Å². The molecule has 0 aromatic rings. The van der Waals surface area contributed by atoms with Gasteiger partial charge in [-0.3, -0.25) is 0 Å². The molecule has 0 aromatic carbocycles. The van der Waals surface area contributed by atoms with Crippen molar-refractivity contribution in [1.82, 2.24) is 0 Å². The van der Waals surface area contributed by atoms with Gasteiger partial charge in [0.05, 0.1) is 0 Å². The largest absolute Gasteiger partial charge is 0.187 e. The first-order chi connectivity index (χ1) is 4.89. The van der Waals surface area contributed by atoms with Crippen molar-refractivity contribution >= 4 is 0 Å². The standard InChI is InChI=1S/C8H11N2/c1-3-8-4-2-6(1)5-7(8)9-10-8/h5-7H,1-4H2. The predicted octanol–water partition coefficient (Wildman–Crippen LogP) is 1.97. The van der Waals surface area contributed by atoms with Gasteiger partial charge in [0.15, 0.2) is 0 Å². The molecule has 1 radical (unpaired) electrons. The summed E-state index contributed by atoms with van der Waals surface area (Å²) < 4.78 is 0. The van der Waals surface area contributed by atoms with E-state index in [1.165, 1.54) is 25.7 Å². The molecule has 1 heterocycles. The van der Waals surface area contributed by atoms with Gasteiger partial charge in [-0.2, -0.15) is 10.2 Å². The highest BCUT2D eigenvalue weighted by molar-refractivity contribution is 5.18. The average Bonchev–Trinajstić information content (AvgIpc) is 1.97. The third-order valence-electron chi connectivity index (χ3n) is 3.28. The Morgan fingerprint density at radius 2 is 2.10 bits per heavy atom. The topological polar surface area (TPSA) is 24.7 Å². The number of hydrogen-bond donors (Lipinski definition) is 0. The molecule has 0 amide bonds. The maximum atomic E-state index is 4.27. The lowest BCUT2D eigenvalue weighted by atomic mass is 9.62. The second-order valence-corrected chi connectivity index (χ2v) is 3.79. The summed E-state index contributed by atoms with van der Waals surface area (Å²) in [7, 11) is 0. The fraction of sp³-hybridized carbons (Fsp3) is 0.875. The molecule has 1 atom stereocenters. The van der Waals surface area contributed by atoms with E-state index in [-0.39, 0.29) is 0 Å². The molecule has 3 fully saturated rings. The molecule has 53 valence electrons. The van der Waals surface area contributed by atoms with Gasteiger partial charge in [0, 0.05) is 0 Å². The van der Waals surface area contributed by atoms with Gasteiger partial charge >= 0.3 is 0 Å². The smallest absolute Gasteiger partial charge is 0.106 e. The lowest BCUT2D eigenvalue weighted by molar-refractivity contribution is 0.111. The first-order valence-electron chi connectivity index (χ1n) is 4.16. The molecule has 0 aromatic heterocycles. The Balaban J connectivity index is 2.01. The second kappa shape index (κ2) is 1.44. The van der Waals surface area contributed by atoms with E-state index in [1.54, 1.807) is 0 Å². The first-order valence-corrected chi connectivity index (χ1v) is 4.16. The van der Waals surface area contributed by atoms with Gasteiger partial charge in [-0.1, -0.05) is 0 Å². The van der Waals surface area contributed by atoms with Crippen molar-refractivity contribution in [3.8, 4) is 0 Å². The SMILES string of the molecule is [CH]1C2CCC3(CC2)N=NC13. The Morgan fingerprint density at radius 3 is 2.40 bits per heavy atom. The van der Waals surface area contributed by atoms with Crippen molar-refractivity contribution in [2.24, 2.45) is 16.1 Å². The van der Waals surface area contributed by atoms with Gasteiger partial charge in [-0.25, -0.2) is 0 Å². The first kappa shape index (κ1) is 5.28. The summed E-state index contributed by atoms with van der Waals surface area (Å²) in [5.74, 6) is 0.881. The van der Waals surface area contributed by atoms with Gasteiger partial charge in [0.1, 0.15) is 11.6 Å². The molecular formula is C8H11N2. The van der Waals surface area contributed by atoms with Crippen molar-refractivity contribution in [3.05, 3.63) is 6.42 Å². The van der Waals surface area contributed by atoms with Crippen LogP contribution in [0.2, 0.25) is 0 Å². The van der Waals surface area contributed by atoms with Gasteiger partial charge in [-0.05, 0) is 38.0 Å². The van der Waals surface area contributed by atoms with Crippen LogP contribution in [0.15, 0.2) is 10.2 Å². The summed E-state index contributed by atoms with van der Waals surface area (Å²) in [6, 6.07) is 0.528. The Bertz CT molecular complexity index is 189. The molecule has 2 nitrogen and oxygen atoms in total. The lowest BCUT2D eigenvalue weighted by Crippen LogP contribution is -2.54. The number of nitrogens with zero attached hydrogens (tertiary/aromatic N) is 2. The van der Waals surface area contributed by atoms with Crippen LogP contribution >= 0.6 is 0 Å².